The van der Waals surface area contributed by atoms with Crippen LogP contribution in [0.1, 0.15) is 25.7 Å². The summed E-state index contributed by atoms with van der Waals surface area (Å²) in [6.45, 7) is 8.40. The van der Waals surface area contributed by atoms with Gasteiger partial charge in [0.2, 0.25) is 5.91 Å². The summed E-state index contributed by atoms with van der Waals surface area (Å²) < 4.78 is 0. The Morgan fingerprint density at radius 1 is 1.05 bits per heavy atom. The lowest BCUT2D eigenvalue weighted by molar-refractivity contribution is -0.135. The van der Waals surface area contributed by atoms with Gasteiger partial charge in [0.25, 0.3) is 0 Å². The summed E-state index contributed by atoms with van der Waals surface area (Å²) in [5, 5.41) is 6.62. The summed E-state index contributed by atoms with van der Waals surface area (Å²) in [4.78, 5) is 17.1. The molecule has 0 aromatic rings. The minimum atomic E-state index is -0.00104. The summed E-state index contributed by atoms with van der Waals surface area (Å²) >= 11 is 0. The van der Waals surface area contributed by atoms with E-state index in [0.717, 1.165) is 38.6 Å². The molecule has 0 aliphatic carbocycles. The average Bonchev–Trinajstić information content (AvgIpc) is 3.01. The van der Waals surface area contributed by atoms with Gasteiger partial charge in [-0.25, -0.2) is 0 Å². The molecule has 3 heterocycles. The van der Waals surface area contributed by atoms with E-state index in [1.54, 1.807) is 0 Å². The van der Waals surface area contributed by atoms with Crippen molar-refractivity contribution in [3.63, 3.8) is 0 Å². The van der Waals surface area contributed by atoms with Crippen molar-refractivity contribution in [1.29, 1.82) is 0 Å². The highest BCUT2D eigenvalue weighted by atomic mass is 16.2. The van der Waals surface area contributed by atoms with Gasteiger partial charge in [0.15, 0.2) is 0 Å². The molecule has 3 aliphatic heterocycles. The van der Waals surface area contributed by atoms with Crippen LogP contribution in [0.3, 0.4) is 0 Å². The fourth-order valence-electron chi connectivity index (χ4n) is 3.71. The van der Waals surface area contributed by atoms with Crippen molar-refractivity contribution in [3.8, 4) is 0 Å². The van der Waals surface area contributed by atoms with E-state index in [1.165, 1.54) is 45.3 Å². The molecule has 3 fully saturated rings. The van der Waals surface area contributed by atoms with Gasteiger partial charge < -0.3 is 20.4 Å². The van der Waals surface area contributed by atoms with Crippen LogP contribution < -0.4 is 10.6 Å². The third-order valence-corrected chi connectivity index (χ3v) is 4.98. The molecular weight excluding hydrogens is 252 g/mol. The molecule has 2 N–H and O–H groups in total. The van der Waals surface area contributed by atoms with Gasteiger partial charge in [-0.15, -0.1) is 0 Å². The maximum absolute atomic E-state index is 12.4. The molecular formula is C15H28N4O. The number of amides is 1. The predicted octanol–water partition coefficient (Wildman–Crippen LogP) is -0.118. The Bertz CT molecular complexity index is 316. The molecule has 1 unspecified atom stereocenters. The first-order valence-electron chi connectivity index (χ1n) is 8.28. The second-order valence-electron chi connectivity index (χ2n) is 6.49. The molecule has 5 heteroatoms. The average molecular weight is 280 g/mol. The van der Waals surface area contributed by atoms with E-state index in [2.05, 4.69) is 20.4 Å². The predicted molar refractivity (Wildman–Crippen MR) is 79.6 cm³/mol. The molecule has 20 heavy (non-hydrogen) atoms. The van der Waals surface area contributed by atoms with E-state index in [1.807, 2.05) is 0 Å². The maximum atomic E-state index is 12.4. The normalized spacial score (nSPS) is 29.8. The van der Waals surface area contributed by atoms with Crippen LogP contribution in [-0.4, -0.2) is 74.1 Å². The minimum absolute atomic E-state index is 0.00104. The molecule has 1 atom stereocenters. The molecule has 0 aromatic carbocycles. The van der Waals surface area contributed by atoms with Gasteiger partial charge in [0.1, 0.15) is 0 Å². The molecule has 3 rings (SSSR count). The SMILES string of the molecule is O=C(C1CNCCN1)N1CCC(CN2CCCC2)CC1. The van der Waals surface area contributed by atoms with Gasteiger partial charge in [0.05, 0.1) is 6.04 Å². The molecule has 3 aliphatic rings. The van der Waals surface area contributed by atoms with Gasteiger partial charge in [-0.2, -0.15) is 0 Å². The van der Waals surface area contributed by atoms with Crippen molar-refractivity contribution in [2.24, 2.45) is 5.92 Å². The molecule has 0 radical (unpaired) electrons. The lowest BCUT2D eigenvalue weighted by Crippen LogP contribution is -2.57. The Kier molecular flexibility index (Phi) is 4.91. The highest BCUT2D eigenvalue weighted by molar-refractivity contribution is 5.82. The van der Waals surface area contributed by atoms with E-state index in [-0.39, 0.29) is 6.04 Å². The molecule has 0 spiro atoms. The van der Waals surface area contributed by atoms with Crippen LogP contribution in [0.5, 0.6) is 0 Å². The number of nitrogens with zero attached hydrogens (tertiary/aromatic N) is 2. The summed E-state index contributed by atoms with van der Waals surface area (Å²) in [7, 11) is 0. The van der Waals surface area contributed by atoms with E-state index < -0.39 is 0 Å². The quantitative estimate of drug-likeness (QED) is 0.757. The zero-order chi connectivity index (χ0) is 13.8. The van der Waals surface area contributed by atoms with E-state index in [9.17, 15) is 4.79 Å². The van der Waals surface area contributed by atoms with Crippen LogP contribution in [0.2, 0.25) is 0 Å². The van der Waals surface area contributed by atoms with Gasteiger partial charge in [-0.05, 0) is 44.7 Å². The lowest BCUT2D eigenvalue weighted by Gasteiger charge is -2.36. The Morgan fingerprint density at radius 3 is 2.45 bits per heavy atom. The van der Waals surface area contributed by atoms with E-state index in [4.69, 9.17) is 0 Å². The number of likely N-dealkylation sites (tertiary alicyclic amines) is 2. The van der Waals surface area contributed by atoms with E-state index >= 15 is 0 Å². The second-order valence-corrected chi connectivity index (χ2v) is 6.49. The van der Waals surface area contributed by atoms with Gasteiger partial charge in [-0.1, -0.05) is 0 Å². The molecule has 5 nitrogen and oxygen atoms in total. The summed E-state index contributed by atoms with van der Waals surface area (Å²) in [5.41, 5.74) is 0. The zero-order valence-corrected chi connectivity index (χ0v) is 12.4. The van der Waals surface area contributed by atoms with Crippen LogP contribution in [-0.2, 0) is 4.79 Å². The van der Waals surface area contributed by atoms with E-state index in [0.29, 0.717) is 5.91 Å². The monoisotopic (exact) mass is 280 g/mol. The Labute approximate surface area is 122 Å². The third kappa shape index (κ3) is 3.51. The first-order valence-corrected chi connectivity index (χ1v) is 8.28. The Hall–Kier alpha value is -0.650. The molecule has 0 saturated carbocycles. The maximum Gasteiger partial charge on any atom is 0.241 e. The van der Waals surface area contributed by atoms with Crippen LogP contribution in [0, 0.1) is 5.92 Å². The van der Waals surface area contributed by atoms with Crippen molar-refractivity contribution < 1.29 is 4.79 Å². The zero-order valence-electron chi connectivity index (χ0n) is 12.4. The lowest BCUT2D eigenvalue weighted by atomic mass is 9.95. The number of hydrogen-bond acceptors (Lipinski definition) is 4. The molecule has 114 valence electrons. The highest BCUT2D eigenvalue weighted by Crippen LogP contribution is 2.21. The molecule has 0 bridgehead atoms. The van der Waals surface area contributed by atoms with Gasteiger partial charge in [-0.3, -0.25) is 4.79 Å². The summed E-state index contributed by atoms with van der Waals surface area (Å²) in [5.74, 6) is 1.10. The van der Waals surface area contributed by atoms with Crippen molar-refractivity contribution in [1.82, 2.24) is 20.4 Å². The van der Waals surface area contributed by atoms with Crippen molar-refractivity contribution >= 4 is 5.91 Å². The molecule has 0 aromatic heterocycles. The standard InChI is InChI=1S/C15H28N4O/c20-15(14-11-16-5-6-17-14)19-9-3-13(4-10-19)12-18-7-1-2-8-18/h13-14,16-17H,1-12H2. The van der Waals surface area contributed by atoms with Crippen molar-refractivity contribution in [3.05, 3.63) is 0 Å². The minimum Gasteiger partial charge on any atom is -0.341 e. The van der Waals surface area contributed by atoms with Crippen LogP contribution in [0.15, 0.2) is 0 Å². The van der Waals surface area contributed by atoms with Crippen molar-refractivity contribution in [2.75, 3.05) is 52.4 Å². The fraction of sp³-hybridized carbons (Fsp3) is 0.933. The van der Waals surface area contributed by atoms with Crippen molar-refractivity contribution in [2.45, 2.75) is 31.7 Å². The van der Waals surface area contributed by atoms with Gasteiger partial charge in [0, 0.05) is 39.3 Å². The highest BCUT2D eigenvalue weighted by Gasteiger charge is 2.29. The first-order chi connectivity index (χ1) is 9.83. The molecule has 3 saturated heterocycles. The Morgan fingerprint density at radius 2 is 1.80 bits per heavy atom. The largest absolute Gasteiger partial charge is 0.341 e. The number of hydrogen-bond donors (Lipinski definition) is 2. The van der Waals surface area contributed by atoms with Crippen LogP contribution in [0.25, 0.3) is 0 Å². The summed E-state index contributed by atoms with van der Waals surface area (Å²) in [6.07, 6.45) is 5.11. The van der Waals surface area contributed by atoms with Crippen LogP contribution in [0.4, 0.5) is 0 Å². The van der Waals surface area contributed by atoms with Crippen LogP contribution >= 0.6 is 0 Å². The fourth-order valence-corrected chi connectivity index (χ4v) is 3.71. The third-order valence-electron chi connectivity index (χ3n) is 4.98. The second kappa shape index (κ2) is 6.87. The molecule has 1 amide bonds. The number of rotatable bonds is 3. The first kappa shape index (κ1) is 14.3. The van der Waals surface area contributed by atoms with Gasteiger partial charge >= 0.3 is 0 Å². The summed E-state index contributed by atoms with van der Waals surface area (Å²) in [6, 6.07) is -0.00104. The number of carbonyl (C=O) groups excluding carboxylic acids is 1. The smallest absolute Gasteiger partial charge is 0.241 e. The number of carbonyl (C=O) groups is 1. The number of nitrogens with one attached hydrogen (secondary N) is 2. The topological polar surface area (TPSA) is 47.6 Å². The number of piperazine rings is 1. The Balaban J connectivity index is 1.41. The number of piperidine rings is 1.